The molecule has 0 radical (unpaired) electrons. The molecule has 96 valence electrons. The molecular weight excluding hydrogens is 240 g/mol. The minimum Gasteiger partial charge on any atom is -0.399 e. The molecular formula is C12H19ClN2O2. The van der Waals surface area contributed by atoms with Gasteiger partial charge in [-0.2, -0.15) is 0 Å². The highest BCUT2D eigenvalue weighted by Gasteiger charge is 2.10. The number of rotatable bonds is 4. The van der Waals surface area contributed by atoms with Gasteiger partial charge in [-0.05, 0) is 31.5 Å². The molecule has 0 saturated heterocycles. The maximum atomic E-state index is 11.8. The van der Waals surface area contributed by atoms with Crippen LogP contribution in [0.4, 0.5) is 5.69 Å². The summed E-state index contributed by atoms with van der Waals surface area (Å²) >= 11 is 0. The van der Waals surface area contributed by atoms with E-state index in [9.17, 15) is 4.79 Å². The van der Waals surface area contributed by atoms with Crippen molar-refractivity contribution in [2.75, 3.05) is 19.4 Å². The Kier molecular flexibility index (Phi) is 6.61. The van der Waals surface area contributed by atoms with Gasteiger partial charge in [0.05, 0.1) is 6.10 Å². The van der Waals surface area contributed by atoms with Crippen LogP contribution in [0, 0.1) is 6.92 Å². The third-order valence-electron chi connectivity index (χ3n) is 2.46. The minimum absolute atomic E-state index is 0. The fourth-order valence-corrected chi connectivity index (χ4v) is 1.30. The van der Waals surface area contributed by atoms with Crippen molar-refractivity contribution in [3.8, 4) is 0 Å². The first-order valence-corrected chi connectivity index (χ1v) is 5.21. The Morgan fingerprint density at radius 3 is 2.76 bits per heavy atom. The van der Waals surface area contributed by atoms with Crippen LogP contribution in [-0.4, -0.2) is 25.7 Å². The van der Waals surface area contributed by atoms with Gasteiger partial charge in [-0.25, -0.2) is 0 Å². The fourth-order valence-electron chi connectivity index (χ4n) is 1.30. The normalized spacial score (nSPS) is 11.5. The molecule has 0 aliphatic heterocycles. The Balaban J connectivity index is 0.00000256. The van der Waals surface area contributed by atoms with Crippen LogP contribution < -0.4 is 11.1 Å². The van der Waals surface area contributed by atoms with E-state index in [0.29, 0.717) is 17.8 Å². The summed E-state index contributed by atoms with van der Waals surface area (Å²) in [5.74, 6) is -0.117. The smallest absolute Gasteiger partial charge is 0.251 e. The first-order valence-electron chi connectivity index (χ1n) is 5.21. The molecule has 0 aromatic heterocycles. The number of amides is 1. The summed E-state index contributed by atoms with van der Waals surface area (Å²) in [7, 11) is 1.61. The van der Waals surface area contributed by atoms with Crippen molar-refractivity contribution in [3.63, 3.8) is 0 Å². The number of nitrogen functional groups attached to an aromatic ring is 1. The number of hydrogen-bond donors (Lipinski definition) is 2. The molecule has 4 nitrogen and oxygen atoms in total. The van der Waals surface area contributed by atoms with E-state index in [0.717, 1.165) is 5.56 Å². The third-order valence-corrected chi connectivity index (χ3v) is 2.46. The SMILES string of the molecule is COC(C)CNC(=O)c1cc(N)ccc1C.Cl. The van der Waals surface area contributed by atoms with Gasteiger partial charge in [-0.15, -0.1) is 12.4 Å². The van der Waals surface area contributed by atoms with Crippen molar-refractivity contribution in [1.82, 2.24) is 5.32 Å². The van der Waals surface area contributed by atoms with Gasteiger partial charge in [0.1, 0.15) is 0 Å². The fraction of sp³-hybridized carbons (Fsp3) is 0.417. The third kappa shape index (κ3) is 4.63. The van der Waals surface area contributed by atoms with Gasteiger partial charge >= 0.3 is 0 Å². The Labute approximate surface area is 108 Å². The number of benzene rings is 1. The molecule has 0 aliphatic carbocycles. The predicted molar refractivity (Wildman–Crippen MR) is 71.6 cm³/mol. The zero-order chi connectivity index (χ0) is 12.1. The van der Waals surface area contributed by atoms with E-state index >= 15 is 0 Å². The number of aryl methyl sites for hydroxylation is 1. The lowest BCUT2D eigenvalue weighted by atomic mass is 10.1. The lowest BCUT2D eigenvalue weighted by Gasteiger charge is -2.12. The van der Waals surface area contributed by atoms with E-state index in [4.69, 9.17) is 10.5 Å². The second-order valence-corrected chi connectivity index (χ2v) is 3.83. The zero-order valence-electron chi connectivity index (χ0n) is 10.3. The van der Waals surface area contributed by atoms with E-state index in [-0.39, 0.29) is 24.4 Å². The highest BCUT2D eigenvalue weighted by atomic mass is 35.5. The van der Waals surface area contributed by atoms with Gasteiger partial charge < -0.3 is 15.8 Å². The second-order valence-electron chi connectivity index (χ2n) is 3.83. The Morgan fingerprint density at radius 2 is 2.18 bits per heavy atom. The van der Waals surface area contributed by atoms with Gasteiger partial charge in [0.15, 0.2) is 0 Å². The molecule has 5 heteroatoms. The van der Waals surface area contributed by atoms with Gasteiger partial charge in [0, 0.05) is 24.9 Å². The topological polar surface area (TPSA) is 64.3 Å². The summed E-state index contributed by atoms with van der Waals surface area (Å²) < 4.78 is 5.05. The Bertz CT molecular complexity index is 383. The number of anilines is 1. The van der Waals surface area contributed by atoms with Crippen LogP contribution in [0.3, 0.4) is 0 Å². The Hall–Kier alpha value is -1.26. The van der Waals surface area contributed by atoms with Gasteiger partial charge in [0.25, 0.3) is 5.91 Å². The van der Waals surface area contributed by atoms with Crippen LogP contribution in [0.5, 0.6) is 0 Å². The van der Waals surface area contributed by atoms with Crippen LogP contribution in [-0.2, 0) is 4.74 Å². The number of carbonyl (C=O) groups excluding carboxylic acids is 1. The largest absolute Gasteiger partial charge is 0.399 e. The molecule has 0 heterocycles. The highest BCUT2D eigenvalue weighted by molar-refractivity contribution is 5.96. The number of carbonyl (C=O) groups is 1. The van der Waals surface area contributed by atoms with Crippen LogP contribution in [0.25, 0.3) is 0 Å². The van der Waals surface area contributed by atoms with E-state index in [2.05, 4.69) is 5.32 Å². The lowest BCUT2D eigenvalue weighted by Crippen LogP contribution is -2.32. The summed E-state index contributed by atoms with van der Waals surface area (Å²) in [6.45, 7) is 4.27. The average Bonchev–Trinajstić information content (AvgIpc) is 2.28. The van der Waals surface area contributed by atoms with Crippen molar-refractivity contribution >= 4 is 24.0 Å². The molecule has 1 rings (SSSR count). The molecule has 0 aliphatic rings. The molecule has 1 atom stereocenters. The number of ether oxygens (including phenoxy) is 1. The Morgan fingerprint density at radius 1 is 1.53 bits per heavy atom. The molecule has 1 unspecified atom stereocenters. The summed E-state index contributed by atoms with van der Waals surface area (Å²) in [5, 5.41) is 2.80. The average molecular weight is 259 g/mol. The maximum Gasteiger partial charge on any atom is 0.251 e. The molecule has 1 amide bonds. The summed E-state index contributed by atoms with van der Waals surface area (Å²) in [6.07, 6.45) is 0.00492. The molecule has 3 N–H and O–H groups in total. The molecule has 17 heavy (non-hydrogen) atoms. The van der Waals surface area contributed by atoms with Crippen LogP contribution in [0.1, 0.15) is 22.8 Å². The first kappa shape index (κ1) is 15.7. The molecule has 0 fully saturated rings. The number of methoxy groups -OCH3 is 1. The van der Waals surface area contributed by atoms with Crippen molar-refractivity contribution in [1.29, 1.82) is 0 Å². The van der Waals surface area contributed by atoms with Crippen molar-refractivity contribution < 1.29 is 9.53 Å². The van der Waals surface area contributed by atoms with E-state index in [1.165, 1.54) is 0 Å². The first-order chi connectivity index (χ1) is 7.54. The van der Waals surface area contributed by atoms with Crippen molar-refractivity contribution in [2.24, 2.45) is 0 Å². The van der Waals surface area contributed by atoms with Crippen molar-refractivity contribution in [2.45, 2.75) is 20.0 Å². The van der Waals surface area contributed by atoms with Crippen LogP contribution >= 0.6 is 12.4 Å². The van der Waals surface area contributed by atoms with Crippen LogP contribution in [0.15, 0.2) is 18.2 Å². The van der Waals surface area contributed by atoms with Gasteiger partial charge in [-0.1, -0.05) is 6.07 Å². The molecule has 0 saturated carbocycles. The van der Waals surface area contributed by atoms with E-state index in [1.54, 1.807) is 19.2 Å². The number of halogens is 1. The summed E-state index contributed by atoms with van der Waals surface area (Å²) in [6, 6.07) is 5.30. The standard InChI is InChI=1S/C12H18N2O2.ClH/c1-8-4-5-10(13)6-11(8)12(15)14-7-9(2)16-3;/h4-6,9H,7,13H2,1-3H3,(H,14,15);1H. The minimum atomic E-state index is -0.117. The van der Waals surface area contributed by atoms with Gasteiger partial charge in [0.2, 0.25) is 0 Å². The molecule has 1 aromatic carbocycles. The van der Waals surface area contributed by atoms with Crippen LogP contribution in [0.2, 0.25) is 0 Å². The van der Waals surface area contributed by atoms with Gasteiger partial charge in [-0.3, -0.25) is 4.79 Å². The van der Waals surface area contributed by atoms with Crippen molar-refractivity contribution in [3.05, 3.63) is 29.3 Å². The molecule has 0 spiro atoms. The lowest BCUT2D eigenvalue weighted by molar-refractivity contribution is 0.0870. The number of nitrogens with one attached hydrogen (secondary N) is 1. The quantitative estimate of drug-likeness (QED) is 0.809. The monoisotopic (exact) mass is 258 g/mol. The molecule has 1 aromatic rings. The summed E-state index contributed by atoms with van der Waals surface area (Å²) in [5.41, 5.74) is 7.76. The zero-order valence-corrected chi connectivity index (χ0v) is 11.1. The number of nitrogens with two attached hydrogens (primary N) is 1. The molecule has 0 bridgehead atoms. The van der Waals surface area contributed by atoms with E-state index < -0.39 is 0 Å². The van der Waals surface area contributed by atoms with E-state index in [1.807, 2.05) is 19.9 Å². The number of hydrogen-bond acceptors (Lipinski definition) is 3. The highest BCUT2D eigenvalue weighted by Crippen LogP contribution is 2.12. The predicted octanol–water partition coefficient (Wildman–Crippen LogP) is 1.76. The maximum absolute atomic E-state index is 11.8. The summed E-state index contributed by atoms with van der Waals surface area (Å²) in [4.78, 5) is 11.8. The second kappa shape index (κ2) is 7.14.